The van der Waals surface area contributed by atoms with Crippen LogP contribution in [-0.4, -0.2) is 60.8 Å². The van der Waals surface area contributed by atoms with E-state index in [0.717, 1.165) is 25.1 Å². The molecule has 2 fully saturated rings. The summed E-state index contributed by atoms with van der Waals surface area (Å²) in [4.78, 5) is 19.7. The molecule has 5 nitrogen and oxygen atoms in total. The van der Waals surface area contributed by atoms with Crippen LogP contribution in [0, 0.1) is 5.41 Å². The van der Waals surface area contributed by atoms with Crippen LogP contribution in [0.25, 0.3) is 0 Å². The number of hydrogen-bond acceptors (Lipinski definition) is 3. The van der Waals surface area contributed by atoms with E-state index in [4.69, 9.17) is 4.74 Å². The molecule has 190 valence electrons. The summed E-state index contributed by atoms with van der Waals surface area (Å²) in [6.07, 6.45) is -6.85. The lowest BCUT2D eigenvalue weighted by Gasteiger charge is -2.39. The Bertz CT molecular complexity index is 900. The first-order valence-electron chi connectivity index (χ1n) is 11.6. The number of alkyl halides is 6. The minimum absolute atomic E-state index is 0.0945. The van der Waals surface area contributed by atoms with Gasteiger partial charge in [-0.2, -0.15) is 26.3 Å². The van der Waals surface area contributed by atoms with Gasteiger partial charge < -0.3 is 14.5 Å². The molecule has 1 aromatic heterocycles. The summed E-state index contributed by atoms with van der Waals surface area (Å²) < 4.78 is 85.8. The fourth-order valence-corrected chi connectivity index (χ4v) is 5.80. The lowest BCUT2D eigenvalue weighted by Crippen LogP contribution is -2.49. The highest BCUT2D eigenvalue weighted by Crippen LogP contribution is 2.49. The first-order valence-corrected chi connectivity index (χ1v) is 11.6. The van der Waals surface area contributed by atoms with Crippen LogP contribution in [0.3, 0.4) is 0 Å². The molecule has 1 N–H and O–H groups in total. The van der Waals surface area contributed by atoms with Gasteiger partial charge in [0.15, 0.2) is 11.9 Å². The van der Waals surface area contributed by atoms with Gasteiger partial charge in [-0.15, -0.1) is 0 Å². The minimum atomic E-state index is -4.55. The molecule has 11 heteroatoms. The standard InChI is InChI=1S/C23H29F6N3O2/c1-31(17-4-8-34-9-5-17)18-2-6-21(11-18,14-22(24,25)26)20(33)32-7-3-19-15(13-32)10-16(12-30-19)23(27,28)29/h10,12,17-18H,2-9,11,13-14H2,1H3/p+1/t18-,21+/m1/s1. The maximum absolute atomic E-state index is 13.7. The van der Waals surface area contributed by atoms with Gasteiger partial charge in [-0.1, -0.05) is 0 Å². The number of amides is 1. The topological polar surface area (TPSA) is 46.9 Å². The maximum atomic E-state index is 13.7. The molecule has 0 radical (unpaired) electrons. The summed E-state index contributed by atoms with van der Waals surface area (Å²) >= 11 is 0. The summed E-state index contributed by atoms with van der Waals surface area (Å²) in [6, 6.07) is 1.03. The van der Waals surface area contributed by atoms with Gasteiger partial charge in [0, 0.05) is 37.4 Å². The van der Waals surface area contributed by atoms with Gasteiger partial charge in [0.1, 0.15) is 5.56 Å². The number of ether oxygens (including phenoxy) is 1. The third-order valence-electron chi connectivity index (χ3n) is 7.64. The van der Waals surface area contributed by atoms with Crippen molar-refractivity contribution in [3.63, 3.8) is 0 Å². The van der Waals surface area contributed by atoms with E-state index in [9.17, 15) is 31.1 Å². The number of aromatic nitrogens is 1. The Balaban J connectivity index is 1.54. The maximum Gasteiger partial charge on any atom is 0.422 e. The molecule has 1 aromatic rings. The van der Waals surface area contributed by atoms with Crippen LogP contribution < -0.4 is 4.98 Å². The van der Waals surface area contributed by atoms with Crippen LogP contribution in [0.1, 0.15) is 55.3 Å². The van der Waals surface area contributed by atoms with Crippen LogP contribution in [0.5, 0.6) is 0 Å². The van der Waals surface area contributed by atoms with Crippen LogP contribution in [0.4, 0.5) is 26.3 Å². The van der Waals surface area contributed by atoms with Crippen molar-refractivity contribution in [1.82, 2.24) is 9.80 Å². The van der Waals surface area contributed by atoms with E-state index in [1.807, 2.05) is 7.05 Å². The Morgan fingerprint density at radius 3 is 2.53 bits per heavy atom. The lowest BCUT2D eigenvalue weighted by atomic mass is 9.79. The second-order valence-electron chi connectivity index (χ2n) is 9.84. The van der Waals surface area contributed by atoms with Gasteiger partial charge in [0.05, 0.1) is 24.8 Å². The van der Waals surface area contributed by atoms with E-state index in [1.54, 1.807) is 0 Å². The van der Waals surface area contributed by atoms with Gasteiger partial charge in [-0.25, -0.2) is 4.98 Å². The number of carbonyl (C=O) groups excluding carboxylic acids is 1. The number of H-pyrrole nitrogens is 1. The molecule has 2 atom stereocenters. The first-order chi connectivity index (χ1) is 15.9. The molecule has 0 unspecified atom stereocenters. The van der Waals surface area contributed by atoms with Crippen molar-refractivity contribution in [3.8, 4) is 0 Å². The molecule has 4 rings (SSSR count). The van der Waals surface area contributed by atoms with E-state index in [0.29, 0.717) is 30.9 Å². The number of nitrogens with one attached hydrogen (secondary N) is 1. The van der Waals surface area contributed by atoms with Gasteiger partial charge in [0.2, 0.25) is 5.91 Å². The number of carbonyl (C=O) groups is 1. The number of nitrogens with zero attached hydrogens (tertiary/aromatic N) is 2. The van der Waals surface area contributed by atoms with Gasteiger partial charge in [-0.05, 0) is 45.2 Å². The molecular formula is C23H30F6N3O2+. The van der Waals surface area contributed by atoms with Crippen molar-refractivity contribution in [2.75, 3.05) is 26.8 Å². The van der Waals surface area contributed by atoms with Crippen molar-refractivity contribution < 1.29 is 40.9 Å². The zero-order chi connectivity index (χ0) is 24.7. The molecule has 1 saturated carbocycles. The van der Waals surface area contributed by atoms with E-state index in [-0.39, 0.29) is 44.4 Å². The highest BCUT2D eigenvalue weighted by molar-refractivity contribution is 5.83. The van der Waals surface area contributed by atoms with Crippen molar-refractivity contribution in [2.45, 2.75) is 75.9 Å². The van der Waals surface area contributed by atoms with Crippen molar-refractivity contribution in [3.05, 3.63) is 29.1 Å². The Hall–Kier alpha value is -1.88. The summed E-state index contributed by atoms with van der Waals surface area (Å²) in [5.41, 5.74) is -1.59. The molecule has 1 saturated heterocycles. The molecule has 1 aliphatic carbocycles. The number of rotatable bonds is 4. The third-order valence-corrected chi connectivity index (χ3v) is 7.64. The predicted molar refractivity (Wildman–Crippen MR) is 109 cm³/mol. The van der Waals surface area contributed by atoms with Crippen molar-refractivity contribution >= 4 is 5.91 Å². The molecule has 34 heavy (non-hydrogen) atoms. The zero-order valence-electron chi connectivity index (χ0n) is 19.1. The molecule has 1 amide bonds. The summed E-state index contributed by atoms with van der Waals surface area (Å²) in [7, 11) is 1.90. The Morgan fingerprint density at radius 2 is 1.88 bits per heavy atom. The van der Waals surface area contributed by atoms with E-state index in [1.165, 1.54) is 4.90 Å². The largest absolute Gasteiger partial charge is 0.422 e. The number of pyridine rings is 1. The van der Waals surface area contributed by atoms with E-state index < -0.39 is 35.7 Å². The average molecular weight is 495 g/mol. The molecule has 0 aromatic carbocycles. The molecule has 3 heterocycles. The molecule has 2 aliphatic heterocycles. The second kappa shape index (κ2) is 9.29. The Kier molecular flexibility index (Phi) is 6.89. The molecule has 0 spiro atoms. The van der Waals surface area contributed by atoms with Crippen LogP contribution in [0.2, 0.25) is 0 Å². The third kappa shape index (κ3) is 5.35. The van der Waals surface area contributed by atoms with Gasteiger partial charge >= 0.3 is 12.4 Å². The van der Waals surface area contributed by atoms with E-state index in [2.05, 4.69) is 9.88 Å². The summed E-state index contributed by atoms with van der Waals surface area (Å²) in [5, 5.41) is 0. The SMILES string of the molecule is CN(C1CCOCC1)[C@@H]1CC[C@](CC(F)(F)F)(C(=O)N2CCc3[nH+]cc(C(F)(F)F)cc3C2)C1. The summed E-state index contributed by atoms with van der Waals surface area (Å²) in [5.74, 6) is -0.601. The highest BCUT2D eigenvalue weighted by atomic mass is 19.4. The first kappa shape index (κ1) is 25.2. The summed E-state index contributed by atoms with van der Waals surface area (Å²) in [6.45, 7) is 1.26. The fourth-order valence-electron chi connectivity index (χ4n) is 5.80. The number of fused-ring (bicyclic) bond motifs is 1. The van der Waals surface area contributed by atoms with Crippen molar-refractivity contribution in [2.24, 2.45) is 5.41 Å². The molecular weight excluding hydrogens is 464 g/mol. The fraction of sp³-hybridized carbons (Fsp3) is 0.739. The van der Waals surface area contributed by atoms with E-state index >= 15 is 0 Å². The Labute approximate surface area is 194 Å². The normalized spacial score (nSPS) is 26.7. The van der Waals surface area contributed by atoms with Crippen molar-refractivity contribution in [1.29, 1.82) is 0 Å². The number of hydrogen-bond donors (Lipinski definition) is 0. The minimum Gasteiger partial charge on any atom is -0.381 e. The van der Waals surface area contributed by atoms with Crippen LogP contribution >= 0.6 is 0 Å². The monoisotopic (exact) mass is 494 g/mol. The zero-order valence-corrected chi connectivity index (χ0v) is 19.1. The second-order valence-corrected chi connectivity index (χ2v) is 9.84. The highest BCUT2D eigenvalue weighted by Gasteiger charge is 2.54. The average Bonchev–Trinajstić information content (AvgIpc) is 3.20. The number of halogens is 6. The lowest BCUT2D eigenvalue weighted by molar-refractivity contribution is -0.395. The Morgan fingerprint density at radius 1 is 1.18 bits per heavy atom. The molecule has 3 aliphatic rings. The van der Waals surface area contributed by atoms with Crippen LogP contribution in [-0.2, 0) is 28.7 Å². The van der Waals surface area contributed by atoms with Gasteiger partial charge in [0.25, 0.3) is 0 Å². The number of aromatic amines is 1. The van der Waals surface area contributed by atoms with Crippen LogP contribution in [0.15, 0.2) is 12.3 Å². The molecule has 0 bridgehead atoms. The van der Waals surface area contributed by atoms with Gasteiger partial charge in [-0.3, -0.25) is 4.79 Å². The smallest absolute Gasteiger partial charge is 0.381 e. The quantitative estimate of drug-likeness (QED) is 0.595. The predicted octanol–water partition coefficient (Wildman–Crippen LogP) is 4.01.